The lowest BCUT2D eigenvalue weighted by molar-refractivity contribution is 0.0696. The third-order valence-electron chi connectivity index (χ3n) is 2.46. The number of carboxylic acids is 1. The van der Waals surface area contributed by atoms with Crippen LogP contribution in [0.15, 0.2) is 12.1 Å². The van der Waals surface area contributed by atoms with Gasteiger partial charge in [0, 0.05) is 25.8 Å². The maximum atomic E-state index is 10.9. The number of aromatic carboxylic acids is 1. The zero-order chi connectivity index (χ0) is 13.0. The van der Waals surface area contributed by atoms with Gasteiger partial charge >= 0.3 is 5.97 Å². The quantitative estimate of drug-likeness (QED) is 0.830. The number of hydrogen-bond acceptors (Lipinski definition) is 4. The summed E-state index contributed by atoms with van der Waals surface area (Å²) in [5, 5.41) is 8.98. The Bertz CT molecular complexity index is 405. The van der Waals surface area contributed by atoms with E-state index in [-0.39, 0.29) is 5.56 Å². The van der Waals surface area contributed by atoms with Crippen molar-refractivity contribution in [3.8, 4) is 0 Å². The van der Waals surface area contributed by atoms with Crippen LogP contribution in [0.5, 0.6) is 0 Å². The van der Waals surface area contributed by atoms with Crippen LogP contribution < -0.4 is 4.90 Å². The molecule has 0 spiro atoms. The Kier molecular flexibility index (Phi) is 4.45. The molecule has 0 saturated carbocycles. The van der Waals surface area contributed by atoms with Gasteiger partial charge in [0.1, 0.15) is 5.82 Å². The van der Waals surface area contributed by atoms with E-state index in [1.807, 2.05) is 26.0 Å². The van der Waals surface area contributed by atoms with Crippen molar-refractivity contribution < 1.29 is 9.90 Å². The van der Waals surface area contributed by atoms with E-state index in [4.69, 9.17) is 5.11 Å². The summed E-state index contributed by atoms with van der Waals surface area (Å²) in [5.74, 6) is -0.220. The van der Waals surface area contributed by atoms with Gasteiger partial charge in [0.05, 0.1) is 5.56 Å². The number of rotatable bonds is 5. The third kappa shape index (κ3) is 4.03. The van der Waals surface area contributed by atoms with Gasteiger partial charge in [0.15, 0.2) is 0 Å². The molecule has 0 unspecified atom stereocenters. The van der Waals surface area contributed by atoms with Crippen molar-refractivity contribution in [1.82, 2.24) is 9.88 Å². The molecule has 0 saturated heterocycles. The molecule has 0 radical (unpaired) electrons. The summed E-state index contributed by atoms with van der Waals surface area (Å²) in [7, 11) is 5.91. The fraction of sp³-hybridized carbons (Fsp3) is 0.500. The summed E-state index contributed by atoms with van der Waals surface area (Å²) in [6.07, 6.45) is 0. The van der Waals surface area contributed by atoms with Gasteiger partial charge in [-0.2, -0.15) is 0 Å². The van der Waals surface area contributed by atoms with E-state index in [9.17, 15) is 4.79 Å². The predicted octanol–water partition coefficient (Wildman–Crippen LogP) is 1.09. The summed E-state index contributed by atoms with van der Waals surface area (Å²) in [6, 6.07) is 3.18. The number of aromatic nitrogens is 1. The molecule has 1 heterocycles. The van der Waals surface area contributed by atoms with Gasteiger partial charge in [-0.25, -0.2) is 9.78 Å². The van der Waals surface area contributed by atoms with Gasteiger partial charge in [0.2, 0.25) is 0 Å². The minimum Gasteiger partial charge on any atom is -0.478 e. The van der Waals surface area contributed by atoms with Crippen molar-refractivity contribution >= 4 is 11.8 Å². The average molecular weight is 237 g/mol. The van der Waals surface area contributed by atoms with Gasteiger partial charge in [-0.3, -0.25) is 0 Å². The number of hydrogen-bond donors (Lipinski definition) is 1. The van der Waals surface area contributed by atoms with E-state index in [2.05, 4.69) is 9.88 Å². The van der Waals surface area contributed by atoms with Gasteiger partial charge in [-0.05, 0) is 33.2 Å². The fourth-order valence-corrected chi connectivity index (χ4v) is 1.43. The van der Waals surface area contributed by atoms with Crippen molar-refractivity contribution in [1.29, 1.82) is 0 Å². The van der Waals surface area contributed by atoms with Crippen LogP contribution >= 0.6 is 0 Å². The Morgan fingerprint density at radius 3 is 2.47 bits per heavy atom. The molecule has 0 bridgehead atoms. The third-order valence-corrected chi connectivity index (χ3v) is 2.46. The maximum absolute atomic E-state index is 10.9. The molecule has 0 aliphatic carbocycles. The number of carboxylic acid groups (broad SMARTS) is 1. The summed E-state index contributed by atoms with van der Waals surface area (Å²) in [4.78, 5) is 19.3. The lowest BCUT2D eigenvalue weighted by Crippen LogP contribution is -2.29. The van der Waals surface area contributed by atoms with Crippen LogP contribution in [0.1, 0.15) is 16.1 Å². The van der Waals surface area contributed by atoms with Crippen LogP contribution in [0, 0.1) is 6.92 Å². The Morgan fingerprint density at radius 2 is 1.94 bits per heavy atom. The zero-order valence-electron chi connectivity index (χ0n) is 10.8. The molecule has 0 aromatic carbocycles. The molecule has 0 aliphatic heterocycles. The highest BCUT2D eigenvalue weighted by molar-refractivity contribution is 5.88. The van der Waals surface area contributed by atoms with Gasteiger partial charge in [-0.15, -0.1) is 0 Å². The monoisotopic (exact) mass is 237 g/mol. The van der Waals surface area contributed by atoms with Gasteiger partial charge in [0.25, 0.3) is 0 Å². The van der Waals surface area contributed by atoms with E-state index in [1.165, 1.54) is 0 Å². The minimum absolute atomic E-state index is 0.282. The van der Waals surface area contributed by atoms with Crippen LogP contribution in [0.25, 0.3) is 0 Å². The maximum Gasteiger partial charge on any atom is 0.335 e. The minimum atomic E-state index is -0.919. The molecule has 0 fully saturated rings. The largest absolute Gasteiger partial charge is 0.478 e. The second-order valence-electron chi connectivity index (χ2n) is 4.39. The molecule has 1 aromatic heterocycles. The molecule has 1 aromatic rings. The van der Waals surface area contributed by atoms with Crippen LogP contribution in [0.4, 0.5) is 5.82 Å². The molecule has 17 heavy (non-hydrogen) atoms. The fourth-order valence-electron chi connectivity index (χ4n) is 1.43. The predicted molar refractivity (Wildman–Crippen MR) is 67.8 cm³/mol. The van der Waals surface area contributed by atoms with E-state index < -0.39 is 5.97 Å². The number of pyridine rings is 1. The molecule has 0 aliphatic rings. The van der Waals surface area contributed by atoms with Gasteiger partial charge < -0.3 is 14.9 Å². The first kappa shape index (κ1) is 13.4. The second kappa shape index (κ2) is 5.63. The summed E-state index contributed by atoms with van der Waals surface area (Å²) < 4.78 is 0. The first-order valence-corrected chi connectivity index (χ1v) is 5.48. The molecular formula is C12H19N3O2. The molecule has 0 atom stereocenters. The molecule has 5 nitrogen and oxygen atoms in total. The van der Waals surface area contributed by atoms with E-state index in [0.29, 0.717) is 5.82 Å². The average Bonchev–Trinajstić information content (AvgIpc) is 2.24. The van der Waals surface area contributed by atoms with Crippen LogP contribution in [0.3, 0.4) is 0 Å². The Labute approximate surface area is 102 Å². The zero-order valence-corrected chi connectivity index (χ0v) is 10.8. The Balaban J connectivity index is 2.86. The second-order valence-corrected chi connectivity index (χ2v) is 4.39. The highest BCUT2D eigenvalue weighted by Crippen LogP contribution is 2.13. The lowest BCUT2D eigenvalue weighted by Gasteiger charge is -2.21. The summed E-state index contributed by atoms with van der Waals surface area (Å²) in [5.41, 5.74) is 1.00. The van der Waals surface area contributed by atoms with Crippen LogP contribution in [-0.4, -0.2) is 55.2 Å². The smallest absolute Gasteiger partial charge is 0.335 e. The first-order valence-electron chi connectivity index (χ1n) is 5.48. The van der Waals surface area contributed by atoms with Crippen LogP contribution in [0.2, 0.25) is 0 Å². The number of likely N-dealkylation sites (N-methyl/N-ethyl adjacent to an activating group) is 2. The Hall–Kier alpha value is -1.62. The summed E-state index contributed by atoms with van der Waals surface area (Å²) >= 11 is 0. The normalized spacial score (nSPS) is 10.6. The van der Waals surface area contributed by atoms with Crippen molar-refractivity contribution in [2.75, 3.05) is 39.1 Å². The number of aryl methyl sites for hydroxylation is 1. The summed E-state index contributed by atoms with van der Waals surface area (Å²) in [6.45, 7) is 3.51. The van der Waals surface area contributed by atoms with E-state index in [1.54, 1.807) is 19.1 Å². The van der Waals surface area contributed by atoms with Crippen molar-refractivity contribution in [2.45, 2.75) is 6.92 Å². The topological polar surface area (TPSA) is 56.7 Å². The molecule has 0 amide bonds. The molecule has 94 valence electrons. The van der Waals surface area contributed by atoms with Crippen LogP contribution in [-0.2, 0) is 0 Å². The number of anilines is 1. The standard InChI is InChI=1S/C12H19N3O2/c1-9-7-10(12(16)17)8-11(13-9)15(4)6-5-14(2)3/h7-8H,5-6H2,1-4H3,(H,16,17). The highest BCUT2D eigenvalue weighted by atomic mass is 16.4. The van der Waals surface area contributed by atoms with Crippen molar-refractivity contribution in [3.63, 3.8) is 0 Å². The SMILES string of the molecule is Cc1cc(C(=O)O)cc(N(C)CCN(C)C)n1. The van der Waals surface area contributed by atoms with Gasteiger partial charge in [-0.1, -0.05) is 0 Å². The molecule has 1 N–H and O–H groups in total. The molecular weight excluding hydrogens is 218 g/mol. The lowest BCUT2D eigenvalue weighted by atomic mass is 10.2. The molecule has 1 rings (SSSR count). The highest BCUT2D eigenvalue weighted by Gasteiger charge is 2.09. The number of nitrogens with zero attached hydrogens (tertiary/aromatic N) is 3. The number of carbonyl (C=O) groups is 1. The first-order chi connectivity index (χ1) is 7.90. The van der Waals surface area contributed by atoms with Crippen molar-refractivity contribution in [2.24, 2.45) is 0 Å². The van der Waals surface area contributed by atoms with Crippen molar-refractivity contribution in [3.05, 3.63) is 23.4 Å². The molecule has 5 heteroatoms. The van der Waals surface area contributed by atoms with E-state index >= 15 is 0 Å². The van der Waals surface area contributed by atoms with E-state index in [0.717, 1.165) is 18.8 Å². The Morgan fingerprint density at radius 1 is 1.29 bits per heavy atom.